The van der Waals surface area contributed by atoms with Gasteiger partial charge in [-0.25, -0.2) is 0 Å². The van der Waals surface area contributed by atoms with E-state index in [0.717, 1.165) is 17.2 Å². The van der Waals surface area contributed by atoms with Gasteiger partial charge in [0.1, 0.15) is 0 Å². The third-order valence-electron chi connectivity index (χ3n) is 9.22. The second-order valence-electron chi connectivity index (χ2n) is 12.8. The van der Waals surface area contributed by atoms with Gasteiger partial charge >= 0.3 is 0 Å². The Morgan fingerprint density at radius 1 is 0.512 bits per heavy atom. The van der Waals surface area contributed by atoms with Crippen LogP contribution in [0, 0.1) is 33.6 Å². The molecule has 2 saturated carbocycles. The van der Waals surface area contributed by atoms with Crippen molar-refractivity contribution in [3.05, 3.63) is 119 Å². The van der Waals surface area contributed by atoms with Gasteiger partial charge in [0.25, 0.3) is 0 Å². The molecule has 6 rings (SSSR count). The second-order valence-corrected chi connectivity index (χ2v) is 17.9. The van der Waals surface area contributed by atoms with Crippen LogP contribution in [0.3, 0.4) is 0 Å². The Morgan fingerprint density at radius 2 is 0.884 bits per heavy atom. The molecule has 0 amide bonds. The molecule has 4 aromatic carbocycles. The monoisotopic (exact) mass is 648 g/mol. The first-order chi connectivity index (χ1) is 20.4. The summed E-state index contributed by atoms with van der Waals surface area (Å²) in [4.78, 5) is 0. The minimum atomic E-state index is -0.288. The van der Waals surface area contributed by atoms with Gasteiger partial charge in [-0.05, 0) is 108 Å². The summed E-state index contributed by atoms with van der Waals surface area (Å²) in [5.74, 6) is 0.901. The summed E-state index contributed by atoms with van der Waals surface area (Å²) in [5, 5.41) is 6.25. The van der Waals surface area contributed by atoms with Crippen molar-refractivity contribution in [1.82, 2.24) is 0 Å². The minimum absolute atomic E-state index is 0. The second kappa shape index (κ2) is 16.5. The zero-order valence-corrected chi connectivity index (χ0v) is 29.8. The van der Waals surface area contributed by atoms with Gasteiger partial charge in [-0.3, -0.25) is 0 Å². The normalized spacial score (nSPS) is 16.2. The van der Waals surface area contributed by atoms with Gasteiger partial charge in [0, 0.05) is 17.1 Å². The summed E-state index contributed by atoms with van der Waals surface area (Å²) in [7, 11) is -0.440. The molecule has 0 radical (unpaired) electrons. The summed E-state index contributed by atoms with van der Waals surface area (Å²) in [6.45, 7) is 11.5. The number of hydrogen-bond donors (Lipinski definition) is 0. The van der Waals surface area contributed by atoms with E-state index in [1.165, 1.54) is 73.6 Å². The van der Waals surface area contributed by atoms with Crippen LogP contribution in [-0.4, -0.2) is 11.3 Å². The third-order valence-corrected chi connectivity index (χ3v) is 15.0. The molecule has 4 aromatic rings. The molecule has 1 unspecified atom stereocenters. The molecule has 0 nitrogen and oxygen atoms in total. The van der Waals surface area contributed by atoms with E-state index in [1.54, 1.807) is 21.2 Å². The van der Waals surface area contributed by atoms with Crippen molar-refractivity contribution < 1.29 is 17.1 Å². The molecular formula is C40H50FeP2. The molecule has 3 heteroatoms. The van der Waals surface area contributed by atoms with Crippen LogP contribution in [-0.2, 0) is 17.1 Å². The van der Waals surface area contributed by atoms with Gasteiger partial charge in [-0.1, -0.05) is 152 Å². The SMILES string of the molecule is Cc1cc(C)cc(P(c2cc(C)cc(C)c2)C(C)C2CCCC2)c1.[Fe].c1ccc(P(c2ccccc2)C2CCCC2)cc1. The summed E-state index contributed by atoms with van der Waals surface area (Å²) in [5.41, 5.74) is 7.27. The Balaban J connectivity index is 0.000000199. The summed E-state index contributed by atoms with van der Waals surface area (Å²) < 4.78 is 0. The predicted octanol–water partition coefficient (Wildman–Crippen LogP) is 9.99. The van der Waals surface area contributed by atoms with Crippen LogP contribution < -0.4 is 21.2 Å². The van der Waals surface area contributed by atoms with Crippen LogP contribution in [0.1, 0.15) is 80.5 Å². The van der Waals surface area contributed by atoms with Crippen molar-refractivity contribution in [3.63, 3.8) is 0 Å². The summed E-state index contributed by atoms with van der Waals surface area (Å²) in [6.07, 6.45) is 11.4. The Bertz CT molecular complexity index is 1270. The minimum Gasteiger partial charge on any atom is -0.0622 e. The van der Waals surface area contributed by atoms with E-state index in [1.807, 2.05) is 0 Å². The van der Waals surface area contributed by atoms with E-state index in [9.17, 15) is 0 Å². The molecule has 0 N–H and O–H groups in total. The molecule has 1 atom stereocenters. The topological polar surface area (TPSA) is 0 Å². The van der Waals surface area contributed by atoms with E-state index in [2.05, 4.69) is 132 Å². The van der Waals surface area contributed by atoms with Crippen molar-refractivity contribution in [2.45, 2.75) is 97.3 Å². The van der Waals surface area contributed by atoms with E-state index in [4.69, 9.17) is 0 Å². The Kier molecular flexibility index (Phi) is 13.1. The zero-order valence-electron chi connectivity index (χ0n) is 26.9. The van der Waals surface area contributed by atoms with E-state index in [0.29, 0.717) is 0 Å². The maximum absolute atomic E-state index is 2.52. The largest absolute Gasteiger partial charge is 0.0622 e. The molecule has 2 fully saturated rings. The van der Waals surface area contributed by atoms with Gasteiger partial charge in [0.2, 0.25) is 0 Å². The zero-order chi connectivity index (χ0) is 29.5. The van der Waals surface area contributed by atoms with Crippen molar-refractivity contribution in [2.75, 3.05) is 0 Å². The van der Waals surface area contributed by atoms with Crippen LogP contribution in [0.25, 0.3) is 0 Å². The molecular weight excluding hydrogens is 598 g/mol. The van der Waals surface area contributed by atoms with Crippen LogP contribution >= 0.6 is 15.8 Å². The first kappa shape index (κ1) is 34.1. The standard InChI is InChI=1S/C23H31P.C17H19P.Fe/c1-16-10-17(2)13-22(12-16)24(20(5)21-8-6-7-9-21)23-14-18(3)11-19(4)15-23;1-3-9-15(10-4-1)18(17-13-7-8-14-17)16-11-5-2-6-12-16;/h10-15,20-21H,6-9H2,1-5H3;1-6,9-12,17H,7-8,13-14H2;. The van der Waals surface area contributed by atoms with Crippen LogP contribution in [0.15, 0.2) is 97.1 Å². The number of aryl methyl sites for hydroxylation is 4. The first-order valence-corrected chi connectivity index (χ1v) is 19.1. The molecule has 43 heavy (non-hydrogen) atoms. The molecule has 0 aromatic heterocycles. The molecule has 2 aliphatic rings. The van der Waals surface area contributed by atoms with Crippen LogP contribution in [0.2, 0.25) is 0 Å². The Hall–Kier alpha value is -1.74. The fraction of sp³-hybridized carbons (Fsp3) is 0.400. The molecule has 0 bridgehead atoms. The van der Waals surface area contributed by atoms with E-state index < -0.39 is 0 Å². The van der Waals surface area contributed by atoms with Crippen molar-refractivity contribution in [2.24, 2.45) is 5.92 Å². The average molecular weight is 649 g/mol. The van der Waals surface area contributed by atoms with Gasteiger partial charge < -0.3 is 0 Å². The van der Waals surface area contributed by atoms with Crippen molar-refractivity contribution in [3.8, 4) is 0 Å². The van der Waals surface area contributed by atoms with Gasteiger partial charge in [0.15, 0.2) is 0 Å². The van der Waals surface area contributed by atoms with Gasteiger partial charge in [0.05, 0.1) is 0 Å². The maximum atomic E-state index is 2.52. The molecule has 0 heterocycles. The average Bonchev–Trinajstić information content (AvgIpc) is 3.70. The fourth-order valence-electron chi connectivity index (χ4n) is 7.36. The third kappa shape index (κ3) is 9.15. The number of hydrogen-bond acceptors (Lipinski definition) is 0. The molecule has 0 aliphatic heterocycles. The molecule has 2 aliphatic carbocycles. The summed E-state index contributed by atoms with van der Waals surface area (Å²) in [6, 6.07) is 36.6. The van der Waals surface area contributed by atoms with Gasteiger partial charge in [-0.2, -0.15) is 0 Å². The van der Waals surface area contributed by atoms with E-state index >= 15 is 0 Å². The van der Waals surface area contributed by atoms with Crippen LogP contribution in [0.4, 0.5) is 0 Å². The van der Waals surface area contributed by atoms with Crippen molar-refractivity contribution in [1.29, 1.82) is 0 Å². The Labute approximate surface area is 275 Å². The molecule has 228 valence electrons. The first-order valence-electron chi connectivity index (χ1n) is 16.2. The summed E-state index contributed by atoms with van der Waals surface area (Å²) >= 11 is 0. The number of rotatable bonds is 7. The van der Waals surface area contributed by atoms with Gasteiger partial charge in [-0.15, -0.1) is 0 Å². The predicted molar refractivity (Wildman–Crippen MR) is 191 cm³/mol. The molecule has 0 spiro atoms. The number of benzene rings is 4. The van der Waals surface area contributed by atoms with E-state index in [-0.39, 0.29) is 32.9 Å². The molecule has 0 saturated heterocycles. The smallest absolute Gasteiger partial charge is 0 e. The quantitative estimate of drug-likeness (QED) is 0.138. The maximum Gasteiger partial charge on any atom is 0 e. The fourth-order valence-corrected chi connectivity index (χ4v) is 13.7. The van der Waals surface area contributed by atoms with Crippen LogP contribution in [0.5, 0.6) is 0 Å². The van der Waals surface area contributed by atoms with Crippen molar-refractivity contribution >= 4 is 37.1 Å². The Morgan fingerprint density at radius 3 is 1.28 bits per heavy atom.